The first-order chi connectivity index (χ1) is 9.57. The lowest BCUT2D eigenvalue weighted by molar-refractivity contribution is -0.129. The number of unbranched alkanes of at least 4 members (excludes halogenated alkanes) is 6. The quantitative estimate of drug-likeness (QED) is 0.598. The van der Waals surface area contributed by atoms with E-state index in [1.54, 1.807) is 0 Å². The smallest absolute Gasteiger partial charge is 0.416 e. The molecule has 0 aromatic rings. The van der Waals surface area contributed by atoms with Crippen molar-refractivity contribution in [1.82, 2.24) is 4.90 Å². The SMILES string of the molecule is CCCCCCCCCC(=O)N1C(=O)OC[C@@H]1C(C)C. The molecule has 1 rings (SSSR count). The molecule has 0 bridgehead atoms. The maximum Gasteiger partial charge on any atom is 0.416 e. The van der Waals surface area contributed by atoms with Crippen LogP contribution in [0.3, 0.4) is 0 Å². The number of imide groups is 1. The molecule has 0 unspecified atom stereocenters. The van der Waals surface area contributed by atoms with Crippen LogP contribution in [0.1, 0.15) is 72.1 Å². The molecule has 1 aliphatic heterocycles. The van der Waals surface area contributed by atoms with Crippen molar-refractivity contribution in [2.24, 2.45) is 5.92 Å². The average Bonchev–Trinajstić information content (AvgIpc) is 2.79. The average molecular weight is 283 g/mol. The maximum atomic E-state index is 12.1. The van der Waals surface area contributed by atoms with Gasteiger partial charge < -0.3 is 4.74 Å². The van der Waals surface area contributed by atoms with Gasteiger partial charge >= 0.3 is 6.09 Å². The van der Waals surface area contributed by atoms with Gasteiger partial charge in [-0.05, 0) is 12.3 Å². The van der Waals surface area contributed by atoms with Crippen LogP contribution in [0.2, 0.25) is 0 Å². The maximum absolute atomic E-state index is 12.1. The molecule has 0 aromatic carbocycles. The Bertz CT molecular complexity index is 315. The van der Waals surface area contributed by atoms with Crippen LogP contribution in [-0.4, -0.2) is 29.5 Å². The first-order valence-electron chi connectivity index (χ1n) is 8.06. The van der Waals surface area contributed by atoms with Crippen LogP contribution in [0.15, 0.2) is 0 Å². The lowest BCUT2D eigenvalue weighted by Gasteiger charge is -2.22. The summed E-state index contributed by atoms with van der Waals surface area (Å²) in [7, 11) is 0. The topological polar surface area (TPSA) is 46.6 Å². The molecule has 0 aromatic heterocycles. The number of hydrogen-bond donors (Lipinski definition) is 0. The zero-order valence-electron chi connectivity index (χ0n) is 13.2. The van der Waals surface area contributed by atoms with Crippen LogP contribution in [0, 0.1) is 5.92 Å². The molecule has 0 aliphatic carbocycles. The lowest BCUT2D eigenvalue weighted by atomic mass is 10.0. The number of amides is 2. The van der Waals surface area contributed by atoms with Gasteiger partial charge in [-0.15, -0.1) is 0 Å². The highest BCUT2D eigenvalue weighted by Crippen LogP contribution is 2.21. The lowest BCUT2D eigenvalue weighted by Crippen LogP contribution is -2.41. The minimum absolute atomic E-state index is 0.0697. The molecule has 0 N–H and O–H groups in total. The third-order valence-electron chi connectivity index (χ3n) is 3.94. The molecule has 4 heteroatoms. The molecule has 0 spiro atoms. The summed E-state index contributed by atoms with van der Waals surface area (Å²) in [6, 6.07) is -0.0837. The fourth-order valence-corrected chi connectivity index (χ4v) is 2.57. The number of carbonyl (C=O) groups is 2. The van der Waals surface area contributed by atoms with Crippen LogP contribution in [0.4, 0.5) is 4.79 Å². The van der Waals surface area contributed by atoms with Crippen molar-refractivity contribution in [3.8, 4) is 0 Å². The van der Waals surface area contributed by atoms with Crippen molar-refractivity contribution >= 4 is 12.0 Å². The van der Waals surface area contributed by atoms with E-state index in [9.17, 15) is 9.59 Å². The van der Waals surface area contributed by atoms with Gasteiger partial charge in [0, 0.05) is 6.42 Å². The summed E-state index contributed by atoms with van der Waals surface area (Å²) in [4.78, 5) is 25.1. The van der Waals surface area contributed by atoms with Gasteiger partial charge in [0.1, 0.15) is 6.61 Å². The summed E-state index contributed by atoms with van der Waals surface area (Å²) in [5, 5.41) is 0. The highest BCUT2D eigenvalue weighted by atomic mass is 16.6. The van der Waals surface area contributed by atoms with E-state index in [2.05, 4.69) is 6.92 Å². The van der Waals surface area contributed by atoms with Crippen molar-refractivity contribution in [2.45, 2.75) is 78.2 Å². The Morgan fingerprint density at radius 2 is 1.80 bits per heavy atom. The van der Waals surface area contributed by atoms with Gasteiger partial charge in [-0.2, -0.15) is 0 Å². The Morgan fingerprint density at radius 1 is 1.20 bits per heavy atom. The highest BCUT2D eigenvalue weighted by Gasteiger charge is 2.38. The van der Waals surface area contributed by atoms with E-state index in [1.165, 1.54) is 37.0 Å². The molecular weight excluding hydrogens is 254 g/mol. The van der Waals surface area contributed by atoms with Crippen molar-refractivity contribution < 1.29 is 14.3 Å². The number of cyclic esters (lactones) is 1. The highest BCUT2D eigenvalue weighted by molar-refractivity contribution is 5.93. The minimum Gasteiger partial charge on any atom is -0.447 e. The molecule has 1 atom stereocenters. The Balaban J connectivity index is 2.23. The van der Waals surface area contributed by atoms with Gasteiger partial charge in [0.25, 0.3) is 0 Å². The van der Waals surface area contributed by atoms with Crippen molar-refractivity contribution in [1.29, 1.82) is 0 Å². The van der Waals surface area contributed by atoms with Gasteiger partial charge in [-0.25, -0.2) is 9.69 Å². The summed E-state index contributed by atoms with van der Waals surface area (Å²) in [5.74, 6) is 0.180. The molecular formula is C16H29NO3. The third-order valence-corrected chi connectivity index (χ3v) is 3.94. The van der Waals surface area contributed by atoms with Crippen LogP contribution in [0.5, 0.6) is 0 Å². The molecule has 1 saturated heterocycles. The molecule has 20 heavy (non-hydrogen) atoms. The number of nitrogens with zero attached hydrogens (tertiary/aromatic N) is 1. The summed E-state index contributed by atoms with van der Waals surface area (Å²) in [6.07, 6.45) is 8.24. The van der Waals surface area contributed by atoms with E-state index in [0.29, 0.717) is 13.0 Å². The zero-order chi connectivity index (χ0) is 15.0. The Morgan fingerprint density at radius 3 is 2.40 bits per heavy atom. The molecule has 1 fully saturated rings. The summed E-state index contributed by atoms with van der Waals surface area (Å²) in [5.41, 5.74) is 0. The number of carbonyl (C=O) groups excluding carboxylic acids is 2. The zero-order valence-corrected chi connectivity index (χ0v) is 13.2. The Labute approximate surface area is 122 Å². The predicted molar refractivity (Wildman–Crippen MR) is 79.4 cm³/mol. The van der Waals surface area contributed by atoms with Crippen molar-refractivity contribution in [3.05, 3.63) is 0 Å². The van der Waals surface area contributed by atoms with Crippen LogP contribution in [0.25, 0.3) is 0 Å². The van der Waals surface area contributed by atoms with Gasteiger partial charge in [0.05, 0.1) is 6.04 Å². The molecule has 0 saturated carbocycles. The van der Waals surface area contributed by atoms with Crippen LogP contribution < -0.4 is 0 Å². The first-order valence-corrected chi connectivity index (χ1v) is 8.06. The van der Waals surface area contributed by atoms with Crippen molar-refractivity contribution in [3.63, 3.8) is 0 Å². The standard InChI is InChI=1S/C16H29NO3/c1-4-5-6-7-8-9-10-11-15(18)17-14(13(2)3)12-20-16(17)19/h13-14H,4-12H2,1-3H3/t14-/m1/s1. The van der Waals surface area contributed by atoms with E-state index in [1.807, 2.05) is 13.8 Å². The van der Waals surface area contributed by atoms with E-state index < -0.39 is 6.09 Å². The van der Waals surface area contributed by atoms with E-state index >= 15 is 0 Å². The summed E-state index contributed by atoms with van der Waals surface area (Å²) < 4.78 is 5.00. The molecule has 2 amide bonds. The Kier molecular flexibility index (Phi) is 7.63. The minimum atomic E-state index is -0.461. The van der Waals surface area contributed by atoms with Crippen LogP contribution in [-0.2, 0) is 9.53 Å². The van der Waals surface area contributed by atoms with E-state index in [4.69, 9.17) is 4.74 Å². The van der Waals surface area contributed by atoms with Crippen molar-refractivity contribution in [2.75, 3.05) is 6.61 Å². The molecule has 0 radical (unpaired) electrons. The molecule has 1 aliphatic rings. The first kappa shape index (κ1) is 17.0. The summed E-state index contributed by atoms with van der Waals surface area (Å²) >= 11 is 0. The molecule has 1 heterocycles. The molecule has 4 nitrogen and oxygen atoms in total. The van der Waals surface area contributed by atoms with Gasteiger partial charge in [0.15, 0.2) is 0 Å². The summed E-state index contributed by atoms with van der Waals surface area (Å²) in [6.45, 7) is 6.58. The normalized spacial score (nSPS) is 18.7. The monoisotopic (exact) mass is 283 g/mol. The van der Waals surface area contributed by atoms with Gasteiger partial charge in [0.2, 0.25) is 5.91 Å². The predicted octanol–water partition coefficient (Wildman–Crippen LogP) is 4.13. The Hall–Kier alpha value is -1.06. The van der Waals surface area contributed by atoms with Gasteiger partial charge in [-0.3, -0.25) is 4.79 Å². The number of rotatable bonds is 9. The van der Waals surface area contributed by atoms with E-state index in [0.717, 1.165) is 12.8 Å². The largest absolute Gasteiger partial charge is 0.447 e. The second-order valence-electron chi connectivity index (χ2n) is 6.02. The number of hydrogen-bond acceptors (Lipinski definition) is 3. The van der Waals surface area contributed by atoms with E-state index in [-0.39, 0.29) is 17.9 Å². The van der Waals surface area contributed by atoms with Crippen LogP contribution >= 0.6 is 0 Å². The fourth-order valence-electron chi connectivity index (χ4n) is 2.57. The van der Waals surface area contributed by atoms with Gasteiger partial charge in [-0.1, -0.05) is 59.3 Å². The fraction of sp³-hybridized carbons (Fsp3) is 0.875. The second-order valence-corrected chi connectivity index (χ2v) is 6.02. The molecule has 116 valence electrons. The second kappa shape index (κ2) is 8.98. The third kappa shape index (κ3) is 5.14. The number of ether oxygens (including phenoxy) is 1.